The van der Waals surface area contributed by atoms with E-state index >= 15 is 0 Å². The van der Waals surface area contributed by atoms with Gasteiger partial charge in [0.05, 0.1) is 11.4 Å². The number of hydrogen-bond acceptors (Lipinski definition) is 3. The molecule has 0 saturated carbocycles. The predicted molar refractivity (Wildman–Crippen MR) is 45.6 cm³/mol. The van der Waals surface area contributed by atoms with Gasteiger partial charge in [0.15, 0.2) is 0 Å². The fraction of sp³-hybridized carbons (Fsp3) is 0.125. The minimum absolute atomic E-state index is 0.202. The summed E-state index contributed by atoms with van der Waals surface area (Å²) in [5.41, 5.74) is 0.400. The highest BCUT2D eigenvalue weighted by Crippen LogP contribution is 2.06. The van der Waals surface area contributed by atoms with Crippen molar-refractivity contribution < 1.29 is 14.7 Å². The minimum atomic E-state index is -1.45. The number of carbonyl (C=O) groups is 2. The van der Waals surface area contributed by atoms with Gasteiger partial charge in [0.1, 0.15) is 0 Å². The van der Waals surface area contributed by atoms with Gasteiger partial charge in [-0.2, -0.15) is 0 Å². The molecular formula is C8H6ClNO3. The maximum absolute atomic E-state index is 10.7. The number of pyridine rings is 1. The molecule has 0 spiro atoms. The first-order valence-electron chi connectivity index (χ1n) is 3.46. The maximum Gasteiger partial charge on any atom is 0.372 e. The van der Waals surface area contributed by atoms with Crippen molar-refractivity contribution in [2.24, 2.45) is 0 Å². The number of carbonyl (C=O) groups excluding carboxylic acids is 1. The lowest BCUT2D eigenvalue weighted by Crippen LogP contribution is -2.15. The average molecular weight is 200 g/mol. The number of carboxylic acid groups (broad SMARTS) is 1. The van der Waals surface area contributed by atoms with Crippen LogP contribution in [0.3, 0.4) is 0 Å². The van der Waals surface area contributed by atoms with Crippen LogP contribution in [0.2, 0.25) is 5.02 Å². The molecule has 13 heavy (non-hydrogen) atoms. The molecule has 0 fully saturated rings. The van der Waals surface area contributed by atoms with Crippen LogP contribution in [0.4, 0.5) is 0 Å². The van der Waals surface area contributed by atoms with Gasteiger partial charge in [-0.25, -0.2) is 4.79 Å². The molecule has 0 aliphatic rings. The summed E-state index contributed by atoms with van der Waals surface area (Å²) in [6.45, 7) is 0. The first kappa shape index (κ1) is 9.67. The van der Waals surface area contributed by atoms with E-state index in [2.05, 4.69) is 4.98 Å². The SMILES string of the molecule is O=C(O)C(=O)Cc1ccc(Cl)cn1. The Hall–Kier alpha value is -1.42. The first-order chi connectivity index (χ1) is 6.09. The molecule has 0 aromatic carbocycles. The van der Waals surface area contributed by atoms with E-state index in [0.29, 0.717) is 10.7 Å². The Labute approximate surface area is 79.2 Å². The van der Waals surface area contributed by atoms with E-state index in [4.69, 9.17) is 16.7 Å². The number of aliphatic carboxylic acids is 1. The van der Waals surface area contributed by atoms with Gasteiger partial charge >= 0.3 is 5.97 Å². The zero-order valence-corrected chi connectivity index (χ0v) is 7.28. The summed E-state index contributed by atoms with van der Waals surface area (Å²) in [5.74, 6) is -2.33. The van der Waals surface area contributed by atoms with Crippen molar-refractivity contribution >= 4 is 23.4 Å². The summed E-state index contributed by atoms with van der Waals surface area (Å²) in [6, 6.07) is 3.07. The lowest BCUT2D eigenvalue weighted by molar-refractivity contribution is -0.148. The van der Waals surface area contributed by atoms with Gasteiger partial charge in [0, 0.05) is 11.9 Å². The normalized spacial score (nSPS) is 9.62. The summed E-state index contributed by atoms with van der Waals surface area (Å²) in [7, 11) is 0. The highest BCUT2D eigenvalue weighted by atomic mass is 35.5. The van der Waals surface area contributed by atoms with Crippen LogP contribution < -0.4 is 0 Å². The molecule has 1 aromatic heterocycles. The van der Waals surface area contributed by atoms with Crippen LogP contribution in [0.25, 0.3) is 0 Å². The van der Waals surface area contributed by atoms with E-state index in [1.807, 2.05) is 0 Å². The molecule has 0 atom stereocenters. The summed E-state index contributed by atoms with van der Waals surface area (Å²) < 4.78 is 0. The fourth-order valence-corrected chi connectivity index (χ4v) is 0.863. The van der Waals surface area contributed by atoms with Gasteiger partial charge in [-0.15, -0.1) is 0 Å². The van der Waals surface area contributed by atoms with Crippen molar-refractivity contribution in [2.75, 3.05) is 0 Å². The first-order valence-corrected chi connectivity index (χ1v) is 3.84. The highest BCUT2D eigenvalue weighted by Gasteiger charge is 2.12. The van der Waals surface area contributed by atoms with Crippen LogP contribution in [0.15, 0.2) is 18.3 Å². The molecule has 1 rings (SSSR count). The second-order valence-electron chi connectivity index (χ2n) is 2.37. The molecule has 68 valence electrons. The van der Waals surface area contributed by atoms with Gasteiger partial charge in [0.25, 0.3) is 0 Å². The monoisotopic (exact) mass is 199 g/mol. The van der Waals surface area contributed by atoms with E-state index in [0.717, 1.165) is 0 Å². The van der Waals surface area contributed by atoms with Crippen molar-refractivity contribution in [3.05, 3.63) is 29.0 Å². The molecule has 0 amide bonds. The standard InChI is InChI=1S/C8H6ClNO3/c9-5-1-2-6(10-4-5)3-7(11)8(12)13/h1-2,4H,3H2,(H,12,13). The second kappa shape index (κ2) is 4.00. The van der Waals surface area contributed by atoms with E-state index in [-0.39, 0.29) is 6.42 Å². The fourth-order valence-electron chi connectivity index (χ4n) is 0.751. The molecule has 0 aliphatic carbocycles. The molecule has 1 heterocycles. The molecule has 4 nitrogen and oxygen atoms in total. The summed E-state index contributed by atoms with van der Waals surface area (Å²) in [5, 5.41) is 8.75. The van der Waals surface area contributed by atoms with E-state index in [1.54, 1.807) is 6.07 Å². The molecule has 0 bridgehead atoms. The van der Waals surface area contributed by atoms with E-state index in [9.17, 15) is 9.59 Å². The van der Waals surface area contributed by atoms with Crippen LogP contribution in [-0.2, 0) is 16.0 Å². The maximum atomic E-state index is 10.7. The number of ketones is 1. The number of aromatic nitrogens is 1. The largest absolute Gasteiger partial charge is 0.475 e. The van der Waals surface area contributed by atoms with Crippen LogP contribution in [0.1, 0.15) is 5.69 Å². The zero-order valence-electron chi connectivity index (χ0n) is 6.53. The van der Waals surface area contributed by atoms with Gasteiger partial charge in [-0.1, -0.05) is 11.6 Å². The Morgan fingerprint density at radius 3 is 2.62 bits per heavy atom. The van der Waals surface area contributed by atoms with Crippen molar-refractivity contribution in [1.29, 1.82) is 0 Å². The molecular weight excluding hydrogens is 194 g/mol. The molecule has 0 unspecified atom stereocenters. The van der Waals surface area contributed by atoms with E-state index < -0.39 is 11.8 Å². The lowest BCUT2D eigenvalue weighted by atomic mass is 10.2. The van der Waals surface area contributed by atoms with Crippen molar-refractivity contribution in [1.82, 2.24) is 4.98 Å². The third kappa shape index (κ3) is 2.83. The van der Waals surface area contributed by atoms with Gasteiger partial charge in [-0.3, -0.25) is 9.78 Å². The number of halogens is 1. The molecule has 5 heteroatoms. The summed E-state index contributed by atoms with van der Waals surface area (Å²) >= 11 is 5.55. The lowest BCUT2D eigenvalue weighted by Gasteiger charge is -1.95. The Kier molecular flexibility index (Phi) is 2.97. The van der Waals surface area contributed by atoms with Crippen LogP contribution in [0.5, 0.6) is 0 Å². The second-order valence-corrected chi connectivity index (χ2v) is 2.81. The number of rotatable bonds is 3. The Morgan fingerprint density at radius 2 is 2.15 bits per heavy atom. The molecule has 0 saturated heterocycles. The van der Waals surface area contributed by atoms with Crippen molar-refractivity contribution in [3.63, 3.8) is 0 Å². The third-order valence-corrected chi connectivity index (χ3v) is 1.59. The molecule has 1 N–H and O–H groups in total. The molecule has 1 aromatic rings. The quantitative estimate of drug-likeness (QED) is 0.736. The Bertz CT molecular complexity index is 334. The summed E-state index contributed by atoms with van der Waals surface area (Å²) in [6.07, 6.45) is 1.17. The highest BCUT2D eigenvalue weighted by molar-refractivity contribution is 6.33. The molecule has 0 aliphatic heterocycles. The van der Waals surface area contributed by atoms with Crippen molar-refractivity contribution in [2.45, 2.75) is 6.42 Å². The third-order valence-electron chi connectivity index (χ3n) is 1.37. The zero-order chi connectivity index (χ0) is 9.84. The van der Waals surface area contributed by atoms with Gasteiger partial charge in [-0.05, 0) is 12.1 Å². The molecule has 0 radical (unpaired) electrons. The average Bonchev–Trinajstić information content (AvgIpc) is 2.08. The number of carboxylic acids is 1. The Balaban J connectivity index is 2.70. The predicted octanol–water partition coefficient (Wildman–Crippen LogP) is 0.931. The summed E-state index contributed by atoms with van der Waals surface area (Å²) in [4.78, 5) is 24.7. The van der Waals surface area contributed by atoms with Crippen LogP contribution in [0, 0.1) is 0 Å². The number of nitrogens with zero attached hydrogens (tertiary/aromatic N) is 1. The minimum Gasteiger partial charge on any atom is -0.475 e. The van der Waals surface area contributed by atoms with Crippen LogP contribution >= 0.6 is 11.6 Å². The van der Waals surface area contributed by atoms with Gasteiger partial charge in [0.2, 0.25) is 5.78 Å². The van der Waals surface area contributed by atoms with E-state index in [1.165, 1.54) is 12.3 Å². The number of Topliss-reactive ketones (excluding diaryl/α,β-unsaturated/α-hetero) is 1. The Morgan fingerprint density at radius 1 is 1.46 bits per heavy atom. The van der Waals surface area contributed by atoms with Crippen LogP contribution in [-0.4, -0.2) is 21.8 Å². The smallest absolute Gasteiger partial charge is 0.372 e. The van der Waals surface area contributed by atoms with Gasteiger partial charge < -0.3 is 5.11 Å². The topological polar surface area (TPSA) is 67.3 Å². The number of hydrogen-bond donors (Lipinski definition) is 1. The van der Waals surface area contributed by atoms with Crippen molar-refractivity contribution in [3.8, 4) is 0 Å².